The molecule has 54 heavy (non-hydrogen) atoms. The van der Waals surface area contributed by atoms with Crippen molar-refractivity contribution in [3.8, 4) is 34.1 Å². The van der Waals surface area contributed by atoms with Crippen LogP contribution in [0.3, 0.4) is 0 Å². The molecule has 0 N–H and O–H groups in total. The number of hydrogen-bond donors (Lipinski definition) is 0. The minimum atomic E-state index is -0.0407. The molecule has 4 aromatic carbocycles. The van der Waals surface area contributed by atoms with Gasteiger partial charge in [0.1, 0.15) is 17.3 Å². The Morgan fingerprint density at radius 1 is 0.611 bits per heavy atom. The zero-order chi connectivity index (χ0) is 38.9. The van der Waals surface area contributed by atoms with Gasteiger partial charge in [-0.05, 0) is 114 Å². The van der Waals surface area contributed by atoms with Gasteiger partial charge in [0.2, 0.25) is 0 Å². The Kier molecular flexibility index (Phi) is 9.36. The van der Waals surface area contributed by atoms with Crippen LogP contribution in [0.4, 0.5) is 0 Å². The van der Waals surface area contributed by atoms with Gasteiger partial charge in [0.15, 0.2) is 0 Å². The van der Waals surface area contributed by atoms with Gasteiger partial charge >= 0.3 is 0 Å². The maximum absolute atomic E-state index is 6.82. The van der Waals surface area contributed by atoms with Gasteiger partial charge in [-0.2, -0.15) is 5.10 Å². The summed E-state index contributed by atoms with van der Waals surface area (Å²) < 4.78 is 11.2. The molecule has 0 saturated heterocycles. The molecule has 278 valence electrons. The molecule has 0 aliphatic carbocycles. The molecule has 0 unspecified atom stereocenters. The first-order valence-electron chi connectivity index (χ1n) is 19.5. The van der Waals surface area contributed by atoms with Gasteiger partial charge in [-0.1, -0.05) is 105 Å². The minimum Gasteiger partial charge on any atom is -0.457 e. The van der Waals surface area contributed by atoms with E-state index in [0.717, 1.165) is 45.4 Å². The lowest BCUT2D eigenvalue weighted by Gasteiger charge is -2.31. The largest absolute Gasteiger partial charge is 0.457 e. The Morgan fingerprint density at radius 3 is 1.91 bits per heavy atom. The number of rotatable bonds is 7. The first-order chi connectivity index (χ1) is 25.4. The van der Waals surface area contributed by atoms with E-state index in [1.54, 1.807) is 0 Å². The second-order valence-corrected chi connectivity index (χ2v) is 17.8. The van der Waals surface area contributed by atoms with E-state index < -0.39 is 0 Å². The van der Waals surface area contributed by atoms with Crippen molar-refractivity contribution in [2.75, 3.05) is 0 Å². The average molecular weight is 717 g/mol. The Labute approximate surface area is 322 Å². The van der Waals surface area contributed by atoms with Crippen molar-refractivity contribution in [1.29, 1.82) is 0 Å². The van der Waals surface area contributed by atoms with Crippen molar-refractivity contribution < 1.29 is 4.74 Å². The first kappa shape index (κ1) is 37.2. The van der Waals surface area contributed by atoms with Crippen LogP contribution in [0.1, 0.15) is 120 Å². The number of benzene rings is 4. The molecule has 0 aliphatic heterocycles. The summed E-state index contributed by atoms with van der Waals surface area (Å²) in [5.41, 5.74) is 14.3. The number of aryl methyl sites for hydroxylation is 2. The summed E-state index contributed by atoms with van der Waals surface area (Å²) in [5, 5.41) is 7.62. The summed E-state index contributed by atoms with van der Waals surface area (Å²) in [6.07, 6.45) is 1.92. The van der Waals surface area contributed by atoms with E-state index in [4.69, 9.17) is 14.8 Å². The van der Waals surface area contributed by atoms with Crippen molar-refractivity contribution in [3.63, 3.8) is 0 Å². The summed E-state index contributed by atoms with van der Waals surface area (Å²) >= 11 is 0. The monoisotopic (exact) mass is 716 g/mol. The highest BCUT2D eigenvalue weighted by Crippen LogP contribution is 2.44. The number of para-hydroxylation sites is 1. The molecule has 0 bridgehead atoms. The summed E-state index contributed by atoms with van der Waals surface area (Å²) in [4.78, 5) is 4.85. The van der Waals surface area contributed by atoms with Crippen LogP contribution < -0.4 is 4.74 Å². The fraction of sp³-hybridized carbons (Fsp3) is 0.347. The topological polar surface area (TPSA) is 44.9 Å². The standard InChI is InChI=1S/C49H56N4O/c1-29(2)34-20-21-50-45(26-34)52-43-17-15-14-16-39(43)40-19-18-37(28-44(40)52)54-38-25-35(30(3)4)24-36(27-38)53-33(7)46(32(6)51-53)47-41(48(8,9)10)22-31(5)23-42(47)49(11,12)13/h14-30H,1-13H3. The number of pyridine rings is 1. The van der Waals surface area contributed by atoms with E-state index in [-0.39, 0.29) is 10.8 Å². The second kappa shape index (κ2) is 13.6. The quantitative estimate of drug-likeness (QED) is 0.165. The molecule has 0 fully saturated rings. The Morgan fingerprint density at radius 2 is 1.26 bits per heavy atom. The van der Waals surface area contributed by atoms with Gasteiger partial charge in [0.05, 0.1) is 22.4 Å². The van der Waals surface area contributed by atoms with E-state index in [1.807, 2.05) is 6.20 Å². The highest BCUT2D eigenvalue weighted by molar-refractivity contribution is 6.09. The molecule has 7 rings (SSSR count). The molecule has 0 radical (unpaired) electrons. The number of aromatic nitrogens is 4. The van der Waals surface area contributed by atoms with Crippen LogP contribution >= 0.6 is 0 Å². The van der Waals surface area contributed by atoms with Crippen LogP contribution in [0.25, 0.3) is 44.4 Å². The molecule has 3 aromatic heterocycles. The van der Waals surface area contributed by atoms with Gasteiger partial charge in [-0.3, -0.25) is 4.57 Å². The SMILES string of the molecule is Cc1cc(C(C)(C)C)c(-c2c(C)nn(-c3cc(Oc4ccc5c6ccccc6n(-c6cc(C(C)C)ccn6)c5c4)cc(C(C)C)c3)c2C)c(C(C)(C)C)c1. The maximum Gasteiger partial charge on any atom is 0.137 e. The fourth-order valence-corrected chi connectivity index (χ4v) is 7.93. The van der Waals surface area contributed by atoms with E-state index in [0.29, 0.717) is 11.8 Å². The van der Waals surface area contributed by atoms with Gasteiger partial charge in [-0.15, -0.1) is 0 Å². The van der Waals surface area contributed by atoms with Crippen molar-refractivity contribution >= 4 is 21.8 Å². The highest BCUT2D eigenvalue weighted by atomic mass is 16.5. The number of hydrogen-bond acceptors (Lipinski definition) is 3. The maximum atomic E-state index is 6.82. The Balaban J connectivity index is 1.36. The van der Waals surface area contributed by atoms with Gasteiger partial charge < -0.3 is 4.74 Å². The van der Waals surface area contributed by atoms with Crippen LogP contribution in [-0.4, -0.2) is 19.3 Å². The molecule has 5 heteroatoms. The molecule has 0 amide bonds. The molecular weight excluding hydrogens is 661 g/mol. The molecule has 7 aromatic rings. The van der Waals surface area contributed by atoms with E-state index in [2.05, 4.69) is 184 Å². The average Bonchev–Trinajstić information content (AvgIpc) is 3.59. The third-order valence-electron chi connectivity index (χ3n) is 10.8. The minimum absolute atomic E-state index is 0.0407. The third-order valence-corrected chi connectivity index (χ3v) is 10.8. The molecule has 0 aliphatic rings. The molecule has 5 nitrogen and oxygen atoms in total. The number of nitrogens with zero attached hydrogens (tertiary/aromatic N) is 4. The summed E-state index contributed by atoms with van der Waals surface area (Å²) in [7, 11) is 0. The van der Waals surface area contributed by atoms with Crippen LogP contribution in [0.15, 0.2) is 91.1 Å². The van der Waals surface area contributed by atoms with Crippen molar-refractivity contribution in [2.45, 2.75) is 113 Å². The predicted octanol–water partition coefficient (Wildman–Crippen LogP) is 13.6. The van der Waals surface area contributed by atoms with Crippen molar-refractivity contribution in [1.82, 2.24) is 19.3 Å². The summed E-state index contributed by atoms with van der Waals surface area (Å²) in [5.74, 6) is 3.17. The number of ether oxygens (including phenoxy) is 1. The highest BCUT2D eigenvalue weighted by Gasteiger charge is 2.30. The van der Waals surface area contributed by atoms with E-state index >= 15 is 0 Å². The molecule has 0 spiro atoms. The first-order valence-corrected chi connectivity index (χ1v) is 19.5. The number of fused-ring (bicyclic) bond motifs is 3. The van der Waals surface area contributed by atoms with Crippen LogP contribution in [-0.2, 0) is 10.8 Å². The fourth-order valence-electron chi connectivity index (χ4n) is 7.93. The zero-order valence-electron chi connectivity index (χ0n) is 34.5. The molecule has 0 atom stereocenters. The van der Waals surface area contributed by atoms with Crippen molar-refractivity contribution in [3.05, 3.63) is 130 Å². The van der Waals surface area contributed by atoms with Crippen molar-refractivity contribution in [2.24, 2.45) is 0 Å². The summed E-state index contributed by atoms with van der Waals surface area (Å²) in [6, 6.07) is 30.6. The molecule has 3 heterocycles. The smallest absolute Gasteiger partial charge is 0.137 e. The lowest BCUT2D eigenvalue weighted by Crippen LogP contribution is -2.20. The van der Waals surface area contributed by atoms with Crippen LogP contribution in [0, 0.1) is 20.8 Å². The van der Waals surface area contributed by atoms with E-state index in [9.17, 15) is 0 Å². The summed E-state index contributed by atoms with van der Waals surface area (Å²) in [6.45, 7) is 29.4. The van der Waals surface area contributed by atoms with Gasteiger partial charge in [0.25, 0.3) is 0 Å². The predicted molar refractivity (Wildman–Crippen MR) is 227 cm³/mol. The normalized spacial score (nSPS) is 12.5. The second-order valence-electron chi connectivity index (χ2n) is 17.8. The van der Waals surface area contributed by atoms with Gasteiger partial charge in [0, 0.05) is 40.4 Å². The zero-order valence-corrected chi connectivity index (χ0v) is 34.5. The third kappa shape index (κ3) is 6.74. The van der Waals surface area contributed by atoms with E-state index in [1.165, 1.54) is 49.7 Å². The Hall–Kier alpha value is -5.16. The lowest BCUT2D eigenvalue weighted by atomic mass is 9.73. The van der Waals surface area contributed by atoms with Crippen LogP contribution in [0.5, 0.6) is 11.5 Å². The van der Waals surface area contributed by atoms with Gasteiger partial charge in [-0.25, -0.2) is 9.67 Å². The molecular formula is C49H56N4O. The lowest BCUT2D eigenvalue weighted by molar-refractivity contribution is 0.481. The van der Waals surface area contributed by atoms with Crippen LogP contribution in [0.2, 0.25) is 0 Å². The molecule has 0 saturated carbocycles. The Bertz CT molecular complexity index is 2500.